The number of hydrogen-bond donors (Lipinski definition) is 2. The Bertz CT molecular complexity index is 445. The van der Waals surface area contributed by atoms with E-state index in [0.717, 1.165) is 12.0 Å². The molecule has 5 heteroatoms. The number of carboxylic acids is 1. The molecule has 1 aromatic carbocycles. The second-order valence-electron chi connectivity index (χ2n) is 4.50. The lowest BCUT2D eigenvalue weighted by Gasteiger charge is -2.19. The van der Waals surface area contributed by atoms with Crippen molar-refractivity contribution in [1.82, 2.24) is 0 Å². The number of carbonyl (C=O) groups excluding carboxylic acids is 1. The van der Waals surface area contributed by atoms with Crippen molar-refractivity contribution in [3.05, 3.63) is 23.8 Å². The van der Waals surface area contributed by atoms with Crippen LogP contribution in [0.15, 0.2) is 18.2 Å². The molecule has 5 nitrogen and oxygen atoms in total. The van der Waals surface area contributed by atoms with E-state index in [1.54, 1.807) is 18.2 Å². The van der Waals surface area contributed by atoms with Gasteiger partial charge in [-0.3, -0.25) is 9.59 Å². The van der Waals surface area contributed by atoms with E-state index in [0.29, 0.717) is 31.5 Å². The Balaban J connectivity index is 2.51. The number of carboxylic acid groups (broad SMARTS) is 1. The molecule has 1 rings (SSSR count). The van der Waals surface area contributed by atoms with Gasteiger partial charge in [0.2, 0.25) is 6.41 Å². The van der Waals surface area contributed by atoms with Gasteiger partial charge in [-0.2, -0.15) is 0 Å². The van der Waals surface area contributed by atoms with Crippen LogP contribution in [0, 0.1) is 6.92 Å². The molecule has 1 aromatic rings. The first-order valence-electron chi connectivity index (χ1n) is 6.28. The Morgan fingerprint density at radius 1 is 1.32 bits per heavy atom. The van der Waals surface area contributed by atoms with E-state index in [9.17, 15) is 14.7 Å². The van der Waals surface area contributed by atoms with Crippen molar-refractivity contribution in [2.24, 2.45) is 0 Å². The molecule has 0 unspecified atom stereocenters. The summed E-state index contributed by atoms with van der Waals surface area (Å²) in [5, 5.41) is 18.2. The zero-order valence-corrected chi connectivity index (χ0v) is 11.0. The number of aromatic hydroxyl groups is 1. The molecule has 0 aliphatic heterocycles. The average Bonchev–Trinajstić information content (AvgIpc) is 2.37. The lowest BCUT2D eigenvalue weighted by Crippen LogP contribution is -2.22. The van der Waals surface area contributed by atoms with Crippen LogP contribution in [0.25, 0.3) is 0 Å². The SMILES string of the molecule is Cc1ccc(O)c(N(C=O)CCCCCC(=O)O)c1. The highest BCUT2D eigenvalue weighted by Crippen LogP contribution is 2.27. The van der Waals surface area contributed by atoms with Crippen LogP contribution in [0.2, 0.25) is 0 Å². The number of aryl methyl sites for hydroxylation is 1. The first-order chi connectivity index (χ1) is 9.04. The largest absolute Gasteiger partial charge is 0.506 e. The van der Waals surface area contributed by atoms with Crippen LogP contribution >= 0.6 is 0 Å². The van der Waals surface area contributed by atoms with Crippen LogP contribution in [-0.2, 0) is 9.59 Å². The van der Waals surface area contributed by atoms with Crippen molar-refractivity contribution in [2.75, 3.05) is 11.4 Å². The lowest BCUT2D eigenvalue weighted by atomic mass is 10.1. The highest BCUT2D eigenvalue weighted by molar-refractivity contribution is 5.78. The predicted molar refractivity (Wildman–Crippen MR) is 72.4 cm³/mol. The minimum Gasteiger partial charge on any atom is -0.506 e. The molecule has 0 saturated heterocycles. The normalized spacial score (nSPS) is 10.2. The molecule has 19 heavy (non-hydrogen) atoms. The Kier molecular flexibility index (Phi) is 5.85. The van der Waals surface area contributed by atoms with Gasteiger partial charge in [-0.05, 0) is 37.5 Å². The van der Waals surface area contributed by atoms with E-state index in [-0.39, 0.29) is 12.2 Å². The van der Waals surface area contributed by atoms with E-state index < -0.39 is 5.97 Å². The summed E-state index contributed by atoms with van der Waals surface area (Å²) in [6.45, 7) is 2.36. The van der Waals surface area contributed by atoms with Gasteiger partial charge >= 0.3 is 5.97 Å². The van der Waals surface area contributed by atoms with E-state index in [1.165, 1.54) is 4.90 Å². The van der Waals surface area contributed by atoms with Crippen molar-refractivity contribution in [2.45, 2.75) is 32.6 Å². The molecule has 0 aromatic heterocycles. The van der Waals surface area contributed by atoms with E-state index in [4.69, 9.17) is 5.11 Å². The summed E-state index contributed by atoms with van der Waals surface area (Å²) in [6, 6.07) is 5.08. The Labute approximate surface area is 112 Å². The predicted octanol–water partition coefficient (Wildman–Crippen LogP) is 2.31. The van der Waals surface area contributed by atoms with Gasteiger partial charge in [0.05, 0.1) is 5.69 Å². The van der Waals surface area contributed by atoms with Gasteiger partial charge in [-0.1, -0.05) is 12.5 Å². The highest BCUT2D eigenvalue weighted by atomic mass is 16.4. The summed E-state index contributed by atoms with van der Waals surface area (Å²) in [5.41, 5.74) is 1.46. The van der Waals surface area contributed by atoms with Gasteiger partial charge in [0.15, 0.2) is 0 Å². The quantitative estimate of drug-likeness (QED) is 0.558. The van der Waals surface area contributed by atoms with Crippen molar-refractivity contribution in [3.8, 4) is 5.75 Å². The minimum atomic E-state index is -0.802. The molecule has 0 spiro atoms. The van der Waals surface area contributed by atoms with Crippen molar-refractivity contribution < 1.29 is 19.8 Å². The number of aliphatic carboxylic acids is 1. The maximum Gasteiger partial charge on any atom is 0.303 e. The molecule has 0 aliphatic carbocycles. The second-order valence-corrected chi connectivity index (χ2v) is 4.50. The van der Waals surface area contributed by atoms with Crippen LogP contribution in [0.5, 0.6) is 5.75 Å². The molecule has 0 saturated carbocycles. The second kappa shape index (κ2) is 7.41. The van der Waals surface area contributed by atoms with E-state index in [1.807, 2.05) is 6.92 Å². The topological polar surface area (TPSA) is 77.8 Å². The summed E-state index contributed by atoms with van der Waals surface area (Å²) in [6.07, 6.45) is 2.88. The zero-order valence-electron chi connectivity index (χ0n) is 11.0. The average molecular weight is 265 g/mol. The molecular formula is C14H19NO4. The Morgan fingerprint density at radius 3 is 2.68 bits per heavy atom. The summed E-state index contributed by atoms with van der Waals surface area (Å²) in [4.78, 5) is 22.9. The van der Waals surface area contributed by atoms with E-state index >= 15 is 0 Å². The Hall–Kier alpha value is -2.04. The summed E-state index contributed by atoms with van der Waals surface area (Å²) in [7, 11) is 0. The fraction of sp³-hybridized carbons (Fsp3) is 0.429. The third-order valence-corrected chi connectivity index (χ3v) is 2.86. The fourth-order valence-corrected chi connectivity index (χ4v) is 1.83. The number of hydrogen-bond acceptors (Lipinski definition) is 3. The van der Waals surface area contributed by atoms with Crippen LogP contribution in [0.3, 0.4) is 0 Å². The number of benzene rings is 1. The number of amides is 1. The number of unbranched alkanes of at least 4 members (excludes halogenated alkanes) is 2. The van der Waals surface area contributed by atoms with Crippen molar-refractivity contribution in [1.29, 1.82) is 0 Å². The molecule has 0 radical (unpaired) electrons. The molecule has 0 aliphatic rings. The summed E-state index contributed by atoms with van der Waals surface area (Å²) < 4.78 is 0. The number of rotatable bonds is 8. The third kappa shape index (κ3) is 4.99. The monoisotopic (exact) mass is 265 g/mol. The van der Waals surface area contributed by atoms with Gasteiger partial charge < -0.3 is 15.1 Å². The van der Waals surface area contributed by atoms with Crippen LogP contribution in [0.1, 0.15) is 31.2 Å². The first-order valence-corrected chi connectivity index (χ1v) is 6.28. The number of carbonyl (C=O) groups is 2. The van der Waals surface area contributed by atoms with Gasteiger partial charge in [-0.15, -0.1) is 0 Å². The Morgan fingerprint density at radius 2 is 2.05 bits per heavy atom. The fourth-order valence-electron chi connectivity index (χ4n) is 1.83. The summed E-state index contributed by atoms with van der Waals surface area (Å²) in [5.74, 6) is -0.730. The summed E-state index contributed by atoms with van der Waals surface area (Å²) >= 11 is 0. The van der Waals surface area contributed by atoms with Crippen LogP contribution in [-0.4, -0.2) is 29.1 Å². The number of phenolic OH excluding ortho intramolecular Hbond substituents is 1. The van der Waals surface area contributed by atoms with Crippen molar-refractivity contribution >= 4 is 18.1 Å². The molecule has 1 amide bonds. The smallest absolute Gasteiger partial charge is 0.303 e. The molecular weight excluding hydrogens is 246 g/mol. The first kappa shape index (κ1) is 15.0. The minimum absolute atomic E-state index is 0.0724. The molecule has 0 bridgehead atoms. The van der Waals surface area contributed by atoms with Crippen LogP contribution < -0.4 is 4.90 Å². The number of nitrogens with zero attached hydrogens (tertiary/aromatic N) is 1. The van der Waals surface area contributed by atoms with Gasteiger partial charge in [-0.25, -0.2) is 0 Å². The maximum absolute atomic E-state index is 11.1. The highest BCUT2D eigenvalue weighted by Gasteiger charge is 2.10. The van der Waals surface area contributed by atoms with Crippen molar-refractivity contribution in [3.63, 3.8) is 0 Å². The zero-order chi connectivity index (χ0) is 14.3. The number of anilines is 1. The maximum atomic E-state index is 11.1. The number of phenols is 1. The molecule has 2 N–H and O–H groups in total. The molecule has 0 atom stereocenters. The van der Waals surface area contributed by atoms with Gasteiger partial charge in [0.25, 0.3) is 0 Å². The molecule has 104 valence electrons. The third-order valence-electron chi connectivity index (χ3n) is 2.86. The van der Waals surface area contributed by atoms with Gasteiger partial charge in [0.1, 0.15) is 5.75 Å². The molecule has 0 fully saturated rings. The van der Waals surface area contributed by atoms with Gasteiger partial charge in [0, 0.05) is 13.0 Å². The lowest BCUT2D eigenvalue weighted by molar-refractivity contribution is -0.137. The molecule has 0 heterocycles. The van der Waals surface area contributed by atoms with E-state index in [2.05, 4.69) is 0 Å². The standard InChI is InChI=1S/C14H19NO4/c1-11-6-7-13(17)12(9-11)15(10-16)8-4-2-3-5-14(18)19/h6-7,9-10,17H,2-5,8H2,1H3,(H,18,19). The van der Waals surface area contributed by atoms with Crippen LogP contribution in [0.4, 0.5) is 5.69 Å².